The highest BCUT2D eigenvalue weighted by Gasteiger charge is 2.42. The van der Waals surface area contributed by atoms with E-state index in [0.29, 0.717) is 12.2 Å². The van der Waals surface area contributed by atoms with Crippen molar-refractivity contribution in [3.63, 3.8) is 0 Å². The molecule has 1 saturated heterocycles. The summed E-state index contributed by atoms with van der Waals surface area (Å²) in [4.78, 5) is 12.8. The fraction of sp³-hybridized carbons (Fsp3) is 0.417. The highest BCUT2D eigenvalue weighted by molar-refractivity contribution is 5.98. The Morgan fingerprint density at radius 1 is 1.37 bits per heavy atom. The molecule has 1 fully saturated rings. The molecule has 7 heteroatoms. The molecular weight excluding hydrogens is 259 g/mol. The molecule has 0 radical (unpaired) electrons. The van der Waals surface area contributed by atoms with Crippen LogP contribution in [0.1, 0.15) is 10.4 Å². The van der Waals surface area contributed by atoms with Crippen LogP contribution in [0.2, 0.25) is 0 Å². The largest absolute Gasteiger partial charge is 0.405 e. The fourth-order valence-corrected chi connectivity index (χ4v) is 2.15. The molecule has 1 aliphatic rings. The molecule has 1 heterocycles. The number of alkyl halides is 3. The predicted octanol–water partition coefficient (Wildman–Crippen LogP) is 1.13. The molecule has 19 heavy (non-hydrogen) atoms. The van der Waals surface area contributed by atoms with Crippen LogP contribution in [0, 0.1) is 0 Å². The van der Waals surface area contributed by atoms with E-state index >= 15 is 0 Å². The lowest BCUT2D eigenvalue weighted by molar-refractivity contribution is -0.155. The maximum absolute atomic E-state index is 12.7. The average molecular weight is 273 g/mol. The molecule has 1 aromatic carbocycles. The zero-order chi connectivity index (χ0) is 14.0. The number of para-hydroxylation sites is 1. The Hall–Kier alpha value is -1.76. The lowest BCUT2D eigenvalue weighted by Crippen LogP contribution is -2.57. The lowest BCUT2D eigenvalue weighted by atomic mass is 10.1. The van der Waals surface area contributed by atoms with E-state index in [2.05, 4.69) is 5.32 Å². The quantitative estimate of drug-likeness (QED) is 0.849. The molecule has 0 aliphatic carbocycles. The van der Waals surface area contributed by atoms with Crippen LogP contribution < -0.4 is 16.0 Å². The van der Waals surface area contributed by atoms with Crippen molar-refractivity contribution in [3.8, 4) is 0 Å². The molecule has 2 rings (SSSR count). The number of amides is 1. The number of nitrogens with one attached hydrogen (secondary N) is 1. The monoisotopic (exact) mass is 273 g/mol. The number of primary amides is 1. The molecular formula is C12H14F3N3O. The second-order valence-electron chi connectivity index (χ2n) is 4.38. The number of carbonyl (C=O) groups excluding carboxylic acids is 1. The van der Waals surface area contributed by atoms with E-state index in [1.807, 2.05) is 0 Å². The van der Waals surface area contributed by atoms with Gasteiger partial charge in [0.25, 0.3) is 5.91 Å². The number of hydrogen-bond donors (Lipinski definition) is 2. The summed E-state index contributed by atoms with van der Waals surface area (Å²) in [5.74, 6) is -0.641. The number of nitrogens with zero attached hydrogens (tertiary/aromatic N) is 1. The molecule has 0 bridgehead atoms. The molecule has 1 atom stereocenters. The number of anilines is 1. The van der Waals surface area contributed by atoms with Crippen molar-refractivity contribution in [1.29, 1.82) is 0 Å². The van der Waals surface area contributed by atoms with Crippen LogP contribution in [-0.4, -0.2) is 37.8 Å². The summed E-state index contributed by atoms with van der Waals surface area (Å²) >= 11 is 0. The highest BCUT2D eigenvalue weighted by Crippen LogP contribution is 2.26. The average Bonchev–Trinajstić information content (AvgIpc) is 2.38. The van der Waals surface area contributed by atoms with E-state index in [4.69, 9.17) is 5.73 Å². The van der Waals surface area contributed by atoms with Crippen LogP contribution in [0.15, 0.2) is 24.3 Å². The Morgan fingerprint density at radius 3 is 2.68 bits per heavy atom. The summed E-state index contributed by atoms with van der Waals surface area (Å²) < 4.78 is 38.1. The minimum absolute atomic E-state index is 0.206. The SMILES string of the molecule is NC(=O)c1ccccc1N1CCNC(C(F)(F)F)C1. The van der Waals surface area contributed by atoms with Crippen LogP contribution in [0.5, 0.6) is 0 Å². The predicted molar refractivity (Wildman–Crippen MR) is 65.0 cm³/mol. The van der Waals surface area contributed by atoms with Gasteiger partial charge in [-0.3, -0.25) is 4.79 Å². The van der Waals surface area contributed by atoms with Gasteiger partial charge in [0.1, 0.15) is 6.04 Å². The number of halogens is 3. The Kier molecular flexibility index (Phi) is 3.66. The van der Waals surface area contributed by atoms with Gasteiger partial charge in [-0.25, -0.2) is 0 Å². The lowest BCUT2D eigenvalue weighted by Gasteiger charge is -2.36. The molecule has 104 valence electrons. The summed E-state index contributed by atoms with van der Waals surface area (Å²) in [6, 6.07) is 4.84. The zero-order valence-corrected chi connectivity index (χ0v) is 10.1. The fourth-order valence-electron chi connectivity index (χ4n) is 2.15. The summed E-state index contributed by atoms with van der Waals surface area (Å²) in [6.45, 7) is 0.377. The molecule has 1 aliphatic heterocycles. The van der Waals surface area contributed by atoms with Crippen molar-refractivity contribution in [2.75, 3.05) is 24.5 Å². The standard InChI is InChI=1S/C12H14F3N3O/c13-12(14,15)10-7-18(6-5-17-10)9-4-2-1-3-8(9)11(16)19/h1-4,10,17H,5-7H2,(H2,16,19). The van der Waals surface area contributed by atoms with Crippen LogP contribution in [-0.2, 0) is 0 Å². The molecule has 3 N–H and O–H groups in total. The number of piperazine rings is 1. The van der Waals surface area contributed by atoms with Crippen LogP contribution in [0.4, 0.5) is 18.9 Å². The Balaban J connectivity index is 2.25. The van der Waals surface area contributed by atoms with E-state index < -0.39 is 18.1 Å². The first-order chi connectivity index (χ1) is 8.89. The number of hydrogen-bond acceptors (Lipinski definition) is 3. The molecule has 0 saturated carbocycles. The van der Waals surface area contributed by atoms with Gasteiger partial charge in [0.05, 0.1) is 5.56 Å². The first-order valence-corrected chi connectivity index (χ1v) is 5.83. The van der Waals surface area contributed by atoms with Gasteiger partial charge >= 0.3 is 6.18 Å². The van der Waals surface area contributed by atoms with E-state index in [-0.39, 0.29) is 18.7 Å². The molecule has 4 nitrogen and oxygen atoms in total. The van der Waals surface area contributed by atoms with Crippen LogP contribution in [0.25, 0.3) is 0 Å². The van der Waals surface area contributed by atoms with Gasteiger partial charge in [-0.1, -0.05) is 12.1 Å². The number of benzene rings is 1. The minimum Gasteiger partial charge on any atom is -0.368 e. The Labute approximate surface area is 108 Å². The second kappa shape index (κ2) is 5.08. The summed E-state index contributed by atoms with van der Waals surface area (Å²) in [7, 11) is 0. The number of rotatable bonds is 2. The molecule has 1 unspecified atom stereocenters. The van der Waals surface area contributed by atoms with Crippen molar-refractivity contribution in [1.82, 2.24) is 5.32 Å². The second-order valence-corrected chi connectivity index (χ2v) is 4.38. The van der Waals surface area contributed by atoms with Crippen molar-refractivity contribution >= 4 is 11.6 Å². The molecule has 0 spiro atoms. The van der Waals surface area contributed by atoms with Gasteiger partial charge < -0.3 is 16.0 Å². The smallest absolute Gasteiger partial charge is 0.368 e. The minimum atomic E-state index is -4.31. The van der Waals surface area contributed by atoms with Crippen LogP contribution in [0.3, 0.4) is 0 Å². The maximum Gasteiger partial charge on any atom is 0.405 e. The Bertz CT molecular complexity index is 476. The number of nitrogens with two attached hydrogens (primary N) is 1. The van der Waals surface area contributed by atoms with Crippen molar-refractivity contribution in [3.05, 3.63) is 29.8 Å². The highest BCUT2D eigenvalue weighted by atomic mass is 19.4. The van der Waals surface area contributed by atoms with Gasteiger partial charge in [-0.15, -0.1) is 0 Å². The van der Waals surface area contributed by atoms with Crippen molar-refractivity contribution < 1.29 is 18.0 Å². The Morgan fingerprint density at radius 2 is 2.05 bits per heavy atom. The van der Waals surface area contributed by atoms with E-state index in [0.717, 1.165) is 0 Å². The summed E-state index contributed by atoms with van der Waals surface area (Å²) in [5.41, 5.74) is 5.93. The van der Waals surface area contributed by atoms with E-state index in [1.54, 1.807) is 18.2 Å². The maximum atomic E-state index is 12.7. The normalized spacial score (nSPS) is 20.4. The first-order valence-electron chi connectivity index (χ1n) is 5.83. The van der Waals surface area contributed by atoms with Crippen LogP contribution >= 0.6 is 0 Å². The molecule has 1 aromatic rings. The number of carbonyl (C=O) groups is 1. The van der Waals surface area contributed by atoms with Gasteiger partial charge in [0.2, 0.25) is 0 Å². The first kappa shape index (κ1) is 13.7. The van der Waals surface area contributed by atoms with Gasteiger partial charge in [-0.2, -0.15) is 13.2 Å². The van der Waals surface area contributed by atoms with E-state index in [1.165, 1.54) is 11.0 Å². The topological polar surface area (TPSA) is 58.4 Å². The van der Waals surface area contributed by atoms with Crippen molar-refractivity contribution in [2.45, 2.75) is 12.2 Å². The van der Waals surface area contributed by atoms with E-state index in [9.17, 15) is 18.0 Å². The molecule has 0 aromatic heterocycles. The zero-order valence-electron chi connectivity index (χ0n) is 10.1. The molecule has 1 amide bonds. The van der Waals surface area contributed by atoms with Crippen molar-refractivity contribution in [2.24, 2.45) is 5.73 Å². The summed E-state index contributed by atoms with van der Waals surface area (Å²) in [5, 5.41) is 2.42. The third kappa shape index (κ3) is 2.98. The summed E-state index contributed by atoms with van der Waals surface area (Å²) in [6.07, 6.45) is -4.31. The third-order valence-electron chi connectivity index (χ3n) is 3.08. The van der Waals surface area contributed by atoms with Gasteiger partial charge in [0.15, 0.2) is 0 Å². The third-order valence-corrected chi connectivity index (χ3v) is 3.08. The van der Waals surface area contributed by atoms with Gasteiger partial charge in [0, 0.05) is 25.3 Å². The van der Waals surface area contributed by atoms with Gasteiger partial charge in [-0.05, 0) is 12.1 Å².